The number of rotatable bonds is 6. The van der Waals surface area contributed by atoms with E-state index in [2.05, 4.69) is 5.32 Å². The van der Waals surface area contributed by atoms with Gasteiger partial charge in [0.05, 0.1) is 4.90 Å². The third-order valence-corrected chi connectivity index (χ3v) is 6.22. The molecular weight excluding hydrogens is 371 g/mol. The normalized spacial score (nSPS) is 14.6. The van der Waals surface area contributed by atoms with E-state index >= 15 is 0 Å². The summed E-state index contributed by atoms with van der Waals surface area (Å²) in [5, 5.41) is 2.74. The van der Waals surface area contributed by atoms with Crippen LogP contribution in [0, 0.1) is 5.82 Å². The molecular formula is C19H21FN2O4S. The van der Waals surface area contributed by atoms with Gasteiger partial charge in [-0.2, -0.15) is 4.31 Å². The first-order chi connectivity index (χ1) is 12.9. The predicted octanol–water partition coefficient (Wildman–Crippen LogP) is 2.55. The number of carbonyl (C=O) groups excluding carboxylic acids is 1. The minimum absolute atomic E-state index is 0.0291. The lowest BCUT2D eigenvalue weighted by molar-refractivity contribution is -0.120. The molecule has 0 unspecified atom stereocenters. The molecule has 144 valence electrons. The Hall–Kier alpha value is -2.29. The number of fused-ring (bicyclic) bond motifs is 1. The molecule has 1 N–H and O–H groups in total. The van der Waals surface area contributed by atoms with Gasteiger partial charge in [-0.05, 0) is 60.9 Å². The third kappa shape index (κ3) is 4.52. The van der Waals surface area contributed by atoms with Crippen molar-refractivity contribution in [1.29, 1.82) is 0 Å². The van der Waals surface area contributed by atoms with E-state index in [1.165, 1.54) is 16.4 Å². The molecule has 0 spiro atoms. The van der Waals surface area contributed by atoms with Crippen LogP contribution < -0.4 is 5.32 Å². The second-order valence-electron chi connectivity index (χ2n) is 6.21. The minimum Gasteiger partial charge on any atom is -0.372 e. The van der Waals surface area contributed by atoms with E-state index in [4.69, 9.17) is 4.74 Å². The zero-order valence-electron chi connectivity index (χ0n) is 14.9. The molecule has 0 saturated heterocycles. The zero-order chi connectivity index (χ0) is 19.4. The van der Waals surface area contributed by atoms with Gasteiger partial charge in [0, 0.05) is 25.4 Å². The fourth-order valence-electron chi connectivity index (χ4n) is 2.96. The molecule has 1 heterocycles. The zero-order valence-corrected chi connectivity index (χ0v) is 15.8. The first-order valence-corrected chi connectivity index (χ1v) is 10.1. The van der Waals surface area contributed by atoms with Gasteiger partial charge in [0.15, 0.2) is 0 Å². The molecule has 27 heavy (non-hydrogen) atoms. The largest absolute Gasteiger partial charge is 0.372 e. The molecule has 2 aromatic rings. The molecule has 0 saturated carbocycles. The second-order valence-corrected chi connectivity index (χ2v) is 8.15. The van der Waals surface area contributed by atoms with Gasteiger partial charge in [-0.15, -0.1) is 0 Å². The van der Waals surface area contributed by atoms with Crippen molar-refractivity contribution in [2.75, 3.05) is 25.1 Å². The number of sulfonamides is 1. The van der Waals surface area contributed by atoms with Gasteiger partial charge in [0.1, 0.15) is 12.4 Å². The van der Waals surface area contributed by atoms with Crippen LogP contribution in [0.1, 0.15) is 18.1 Å². The van der Waals surface area contributed by atoms with Crippen LogP contribution >= 0.6 is 0 Å². The van der Waals surface area contributed by atoms with Crippen LogP contribution in [0.15, 0.2) is 47.4 Å². The number of hydrogen-bond donors (Lipinski definition) is 1. The summed E-state index contributed by atoms with van der Waals surface area (Å²) >= 11 is 0. The highest BCUT2D eigenvalue weighted by Crippen LogP contribution is 2.27. The van der Waals surface area contributed by atoms with Crippen molar-refractivity contribution in [2.45, 2.75) is 24.8 Å². The van der Waals surface area contributed by atoms with E-state index in [9.17, 15) is 17.6 Å². The molecule has 1 amide bonds. The van der Waals surface area contributed by atoms with Crippen molar-refractivity contribution in [1.82, 2.24) is 4.31 Å². The number of benzene rings is 2. The van der Waals surface area contributed by atoms with Crippen molar-refractivity contribution >= 4 is 21.6 Å². The molecule has 1 aliphatic heterocycles. The topological polar surface area (TPSA) is 75.7 Å². The SMILES string of the molecule is CCOCC(=O)Nc1ccc2c(c1)CN(S(=O)(=O)c1ccc(F)cc1)CC2. The summed E-state index contributed by atoms with van der Waals surface area (Å²) in [6.45, 7) is 2.78. The monoisotopic (exact) mass is 392 g/mol. The summed E-state index contributed by atoms with van der Waals surface area (Å²) in [5.74, 6) is -0.742. The lowest BCUT2D eigenvalue weighted by Gasteiger charge is -2.28. The van der Waals surface area contributed by atoms with E-state index in [0.29, 0.717) is 25.3 Å². The smallest absolute Gasteiger partial charge is 0.250 e. The highest BCUT2D eigenvalue weighted by Gasteiger charge is 2.28. The Labute approximate surface area is 158 Å². The summed E-state index contributed by atoms with van der Waals surface area (Å²) in [5.41, 5.74) is 2.48. The Morgan fingerprint density at radius 3 is 2.63 bits per heavy atom. The number of ether oxygens (including phenoxy) is 1. The maximum atomic E-state index is 13.1. The molecule has 0 aliphatic carbocycles. The molecule has 8 heteroatoms. The fourth-order valence-corrected chi connectivity index (χ4v) is 4.38. The fraction of sp³-hybridized carbons (Fsp3) is 0.316. The Kier molecular flexibility index (Phi) is 5.88. The van der Waals surface area contributed by atoms with Gasteiger partial charge in [0.2, 0.25) is 15.9 Å². The van der Waals surface area contributed by atoms with Gasteiger partial charge in [0.25, 0.3) is 0 Å². The molecule has 3 rings (SSSR count). The number of nitrogens with zero attached hydrogens (tertiary/aromatic N) is 1. The Morgan fingerprint density at radius 2 is 1.93 bits per heavy atom. The third-order valence-electron chi connectivity index (χ3n) is 4.36. The molecule has 1 aliphatic rings. The van der Waals surface area contributed by atoms with Crippen LogP contribution in [0.25, 0.3) is 0 Å². The van der Waals surface area contributed by atoms with Crippen LogP contribution in [-0.2, 0) is 32.5 Å². The summed E-state index contributed by atoms with van der Waals surface area (Å²) in [6, 6.07) is 10.3. The van der Waals surface area contributed by atoms with Crippen molar-refractivity contribution < 1.29 is 22.3 Å². The molecule has 0 radical (unpaired) electrons. The first-order valence-electron chi connectivity index (χ1n) is 8.65. The van der Waals surface area contributed by atoms with Crippen molar-refractivity contribution in [3.8, 4) is 0 Å². The summed E-state index contributed by atoms with van der Waals surface area (Å²) in [6.07, 6.45) is 0.572. The minimum atomic E-state index is -3.71. The van der Waals surface area contributed by atoms with E-state index in [0.717, 1.165) is 23.3 Å². The summed E-state index contributed by atoms with van der Waals surface area (Å²) in [4.78, 5) is 11.9. The van der Waals surface area contributed by atoms with Crippen LogP contribution in [0.2, 0.25) is 0 Å². The number of halogens is 1. The van der Waals surface area contributed by atoms with E-state index in [-0.39, 0.29) is 24.0 Å². The lowest BCUT2D eigenvalue weighted by Crippen LogP contribution is -2.36. The van der Waals surface area contributed by atoms with Gasteiger partial charge in [-0.3, -0.25) is 4.79 Å². The lowest BCUT2D eigenvalue weighted by atomic mass is 10.0. The van der Waals surface area contributed by atoms with E-state index in [1.54, 1.807) is 12.1 Å². The van der Waals surface area contributed by atoms with Crippen LogP contribution in [0.5, 0.6) is 0 Å². The number of amides is 1. The number of anilines is 1. The summed E-state index contributed by atoms with van der Waals surface area (Å²) in [7, 11) is -3.71. The summed E-state index contributed by atoms with van der Waals surface area (Å²) < 4.78 is 45.1. The Bertz CT molecular complexity index is 929. The average molecular weight is 392 g/mol. The second kappa shape index (κ2) is 8.16. The maximum absolute atomic E-state index is 13.1. The van der Waals surface area contributed by atoms with E-state index < -0.39 is 15.8 Å². The number of hydrogen-bond acceptors (Lipinski definition) is 4. The molecule has 2 aromatic carbocycles. The van der Waals surface area contributed by atoms with Crippen LogP contribution in [0.4, 0.5) is 10.1 Å². The maximum Gasteiger partial charge on any atom is 0.250 e. The van der Waals surface area contributed by atoms with Crippen LogP contribution in [-0.4, -0.2) is 38.4 Å². The van der Waals surface area contributed by atoms with Gasteiger partial charge in [-0.1, -0.05) is 6.07 Å². The standard InChI is InChI=1S/C19H21FN2O4S/c1-2-26-13-19(23)21-17-6-3-14-9-10-22(12-15(14)11-17)27(24,25)18-7-4-16(20)5-8-18/h3-8,11H,2,9-10,12-13H2,1H3,(H,21,23). The quantitative estimate of drug-likeness (QED) is 0.820. The molecule has 0 fully saturated rings. The Morgan fingerprint density at radius 1 is 1.19 bits per heavy atom. The van der Waals surface area contributed by atoms with Crippen molar-refractivity contribution in [3.05, 3.63) is 59.4 Å². The molecule has 0 bridgehead atoms. The first kappa shape index (κ1) is 19.5. The molecule has 0 aromatic heterocycles. The highest BCUT2D eigenvalue weighted by atomic mass is 32.2. The van der Waals surface area contributed by atoms with E-state index in [1.807, 2.05) is 13.0 Å². The number of nitrogens with one attached hydrogen (secondary N) is 1. The van der Waals surface area contributed by atoms with Gasteiger partial charge >= 0.3 is 0 Å². The van der Waals surface area contributed by atoms with Crippen LogP contribution in [0.3, 0.4) is 0 Å². The molecule has 6 nitrogen and oxygen atoms in total. The van der Waals surface area contributed by atoms with Crippen molar-refractivity contribution in [3.63, 3.8) is 0 Å². The predicted molar refractivity (Wildman–Crippen MR) is 99.3 cm³/mol. The Balaban J connectivity index is 1.77. The average Bonchev–Trinajstić information content (AvgIpc) is 2.66. The van der Waals surface area contributed by atoms with Gasteiger partial charge < -0.3 is 10.1 Å². The highest BCUT2D eigenvalue weighted by molar-refractivity contribution is 7.89. The number of carbonyl (C=O) groups is 1. The van der Waals surface area contributed by atoms with Crippen molar-refractivity contribution in [2.24, 2.45) is 0 Å². The molecule has 0 atom stereocenters. The van der Waals surface area contributed by atoms with Gasteiger partial charge in [-0.25, -0.2) is 12.8 Å².